The molecular weight excluding hydrogens is 160 g/mol. The van der Waals surface area contributed by atoms with Crippen molar-refractivity contribution < 1.29 is 4.74 Å². The summed E-state index contributed by atoms with van der Waals surface area (Å²) in [7, 11) is 0. The van der Waals surface area contributed by atoms with Gasteiger partial charge in [0, 0.05) is 5.92 Å². The molecule has 2 aliphatic carbocycles. The molecule has 3 aliphatic rings. The van der Waals surface area contributed by atoms with E-state index in [1.165, 1.54) is 32.1 Å². The fraction of sp³-hybridized carbons (Fsp3) is 0.667. The van der Waals surface area contributed by atoms with E-state index >= 15 is 0 Å². The Hall–Kier alpha value is -0.720. The van der Waals surface area contributed by atoms with Crippen molar-refractivity contribution in [3.8, 4) is 0 Å². The van der Waals surface area contributed by atoms with Crippen LogP contribution in [-0.4, -0.2) is 0 Å². The molecule has 0 bridgehead atoms. The van der Waals surface area contributed by atoms with Crippen molar-refractivity contribution in [1.82, 2.24) is 0 Å². The first-order chi connectivity index (χ1) is 6.43. The first kappa shape index (κ1) is 7.66. The van der Waals surface area contributed by atoms with Gasteiger partial charge in [0.2, 0.25) is 0 Å². The normalized spacial score (nSPS) is 41.8. The maximum absolute atomic E-state index is 5.24. The molecule has 1 nitrogen and oxygen atoms in total. The minimum atomic E-state index is 0.716. The lowest BCUT2D eigenvalue weighted by Crippen LogP contribution is -2.23. The van der Waals surface area contributed by atoms with Gasteiger partial charge in [-0.15, -0.1) is 0 Å². The standard InChI is InChI=1S/C12H16O/c1-2-9-6-11-4-5-13-8-12(11)7-10(9)3-1/h4-5,8-11H,1-3,6-7H2. The van der Waals surface area contributed by atoms with Crippen LogP contribution in [0.5, 0.6) is 0 Å². The van der Waals surface area contributed by atoms with Gasteiger partial charge in [-0.1, -0.05) is 12.8 Å². The molecule has 2 saturated carbocycles. The highest BCUT2D eigenvalue weighted by atomic mass is 16.5. The molecule has 2 fully saturated rings. The summed E-state index contributed by atoms with van der Waals surface area (Å²) in [6.45, 7) is 0. The van der Waals surface area contributed by atoms with Crippen molar-refractivity contribution in [2.75, 3.05) is 0 Å². The van der Waals surface area contributed by atoms with Crippen LogP contribution >= 0.6 is 0 Å². The fourth-order valence-corrected chi connectivity index (χ4v) is 3.23. The van der Waals surface area contributed by atoms with E-state index in [0.29, 0.717) is 5.92 Å². The number of rotatable bonds is 0. The molecule has 3 atom stereocenters. The first-order valence-corrected chi connectivity index (χ1v) is 5.44. The molecular formula is C12H16O. The Morgan fingerprint density at radius 1 is 1.23 bits per heavy atom. The molecule has 1 heterocycles. The van der Waals surface area contributed by atoms with Gasteiger partial charge in [-0.2, -0.15) is 0 Å². The van der Waals surface area contributed by atoms with Crippen molar-refractivity contribution in [2.24, 2.45) is 17.8 Å². The highest BCUT2D eigenvalue weighted by molar-refractivity contribution is 5.18. The first-order valence-electron chi connectivity index (χ1n) is 5.44. The molecule has 13 heavy (non-hydrogen) atoms. The van der Waals surface area contributed by atoms with E-state index in [4.69, 9.17) is 4.74 Å². The van der Waals surface area contributed by atoms with E-state index in [2.05, 4.69) is 6.08 Å². The highest BCUT2D eigenvalue weighted by Gasteiger charge is 2.36. The number of fused-ring (bicyclic) bond motifs is 2. The fourth-order valence-electron chi connectivity index (χ4n) is 3.23. The third kappa shape index (κ3) is 1.21. The second-order valence-corrected chi connectivity index (χ2v) is 4.65. The van der Waals surface area contributed by atoms with Crippen LogP contribution in [0.25, 0.3) is 0 Å². The van der Waals surface area contributed by atoms with Crippen molar-refractivity contribution in [3.63, 3.8) is 0 Å². The molecule has 0 aromatic heterocycles. The van der Waals surface area contributed by atoms with Crippen molar-refractivity contribution in [3.05, 3.63) is 24.2 Å². The minimum absolute atomic E-state index is 0.716. The van der Waals surface area contributed by atoms with Gasteiger partial charge >= 0.3 is 0 Å². The summed E-state index contributed by atoms with van der Waals surface area (Å²) in [6.07, 6.45) is 13.2. The summed E-state index contributed by atoms with van der Waals surface area (Å²) >= 11 is 0. The lowest BCUT2D eigenvalue weighted by Gasteiger charge is -2.33. The number of hydrogen-bond acceptors (Lipinski definition) is 1. The second-order valence-electron chi connectivity index (χ2n) is 4.65. The van der Waals surface area contributed by atoms with E-state index in [1.807, 2.05) is 12.5 Å². The summed E-state index contributed by atoms with van der Waals surface area (Å²) in [6, 6.07) is 0. The third-order valence-corrected chi connectivity index (χ3v) is 3.96. The smallest absolute Gasteiger partial charge is 0.0899 e. The minimum Gasteiger partial charge on any atom is -0.473 e. The Labute approximate surface area is 79.5 Å². The molecule has 3 rings (SSSR count). The van der Waals surface area contributed by atoms with Gasteiger partial charge in [0.15, 0.2) is 0 Å². The highest BCUT2D eigenvalue weighted by Crippen LogP contribution is 2.47. The van der Waals surface area contributed by atoms with Crippen LogP contribution in [0.1, 0.15) is 32.1 Å². The zero-order valence-electron chi connectivity index (χ0n) is 7.91. The Morgan fingerprint density at radius 3 is 3.15 bits per heavy atom. The molecule has 3 unspecified atom stereocenters. The van der Waals surface area contributed by atoms with Crippen LogP contribution in [-0.2, 0) is 4.74 Å². The maximum Gasteiger partial charge on any atom is 0.0899 e. The maximum atomic E-state index is 5.24. The van der Waals surface area contributed by atoms with Gasteiger partial charge < -0.3 is 4.74 Å². The van der Waals surface area contributed by atoms with Crippen LogP contribution < -0.4 is 0 Å². The van der Waals surface area contributed by atoms with Crippen LogP contribution in [0.3, 0.4) is 0 Å². The quantitative estimate of drug-likeness (QED) is 0.550. The zero-order valence-corrected chi connectivity index (χ0v) is 7.91. The Bertz CT molecular complexity index is 264. The van der Waals surface area contributed by atoms with Crippen LogP contribution in [0, 0.1) is 17.8 Å². The molecule has 70 valence electrons. The Balaban J connectivity index is 1.83. The summed E-state index contributed by atoms with van der Waals surface area (Å²) in [4.78, 5) is 0. The van der Waals surface area contributed by atoms with E-state index in [0.717, 1.165) is 11.8 Å². The Kier molecular flexibility index (Phi) is 1.71. The Morgan fingerprint density at radius 2 is 2.15 bits per heavy atom. The molecule has 0 aromatic carbocycles. The number of allylic oxidation sites excluding steroid dienone is 2. The molecule has 0 N–H and O–H groups in total. The van der Waals surface area contributed by atoms with Gasteiger partial charge in [-0.3, -0.25) is 0 Å². The van der Waals surface area contributed by atoms with E-state index in [-0.39, 0.29) is 0 Å². The van der Waals surface area contributed by atoms with E-state index < -0.39 is 0 Å². The summed E-state index contributed by atoms with van der Waals surface area (Å²) in [5, 5.41) is 0. The van der Waals surface area contributed by atoms with Gasteiger partial charge in [-0.05, 0) is 42.7 Å². The monoisotopic (exact) mass is 176 g/mol. The molecule has 0 aromatic rings. The van der Waals surface area contributed by atoms with Crippen molar-refractivity contribution >= 4 is 0 Å². The average Bonchev–Trinajstić information content (AvgIpc) is 2.61. The molecule has 1 heteroatoms. The molecule has 0 radical (unpaired) electrons. The molecule has 0 saturated heterocycles. The van der Waals surface area contributed by atoms with Crippen molar-refractivity contribution in [2.45, 2.75) is 32.1 Å². The number of hydrogen-bond donors (Lipinski definition) is 0. The van der Waals surface area contributed by atoms with Gasteiger partial charge in [0.05, 0.1) is 12.5 Å². The lowest BCUT2D eigenvalue weighted by atomic mass is 9.73. The topological polar surface area (TPSA) is 9.23 Å². The molecule has 0 amide bonds. The van der Waals surface area contributed by atoms with Crippen LogP contribution in [0.4, 0.5) is 0 Å². The summed E-state index contributed by atoms with van der Waals surface area (Å²) in [5.41, 5.74) is 1.55. The SMILES string of the molecule is C1=CC2CC3CCCC3CC2=CO1. The number of ether oxygens (including phenoxy) is 1. The second kappa shape index (κ2) is 2.90. The third-order valence-electron chi connectivity index (χ3n) is 3.96. The molecule has 0 spiro atoms. The zero-order chi connectivity index (χ0) is 8.67. The summed E-state index contributed by atoms with van der Waals surface area (Å²) in [5.74, 6) is 2.72. The predicted octanol–water partition coefficient (Wildman–Crippen LogP) is 3.24. The lowest BCUT2D eigenvalue weighted by molar-refractivity contribution is 0.264. The predicted molar refractivity (Wildman–Crippen MR) is 51.9 cm³/mol. The van der Waals surface area contributed by atoms with E-state index in [9.17, 15) is 0 Å². The van der Waals surface area contributed by atoms with E-state index in [1.54, 1.807) is 5.57 Å². The van der Waals surface area contributed by atoms with Gasteiger partial charge in [0.25, 0.3) is 0 Å². The van der Waals surface area contributed by atoms with Crippen LogP contribution in [0.15, 0.2) is 24.2 Å². The largest absolute Gasteiger partial charge is 0.473 e. The van der Waals surface area contributed by atoms with Crippen LogP contribution in [0.2, 0.25) is 0 Å². The van der Waals surface area contributed by atoms with Gasteiger partial charge in [0.1, 0.15) is 0 Å². The summed E-state index contributed by atoms with van der Waals surface area (Å²) < 4.78 is 5.24. The average molecular weight is 176 g/mol. The van der Waals surface area contributed by atoms with Gasteiger partial charge in [-0.25, -0.2) is 0 Å². The molecule has 1 aliphatic heterocycles. The van der Waals surface area contributed by atoms with Crippen molar-refractivity contribution in [1.29, 1.82) is 0 Å².